The maximum Gasteiger partial charge on any atom is 0.0778 e. The molecule has 0 aliphatic heterocycles. The quantitative estimate of drug-likeness (QED) is 0.801. The number of rotatable bonds is 3. The van der Waals surface area contributed by atoms with Gasteiger partial charge in [0.2, 0.25) is 0 Å². The Morgan fingerprint density at radius 2 is 2.00 bits per heavy atom. The van der Waals surface area contributed by atoms with Crippen molar-refractivity contribution in [1.29, 1.82) is 0 Å². The summed E-state index contributed by atoms with van der Waals surface area (Å²) in [7, 11) is 0. The van der Waals surface area contributed by atoms with Gasteiger partial charge >= 0.3 is 0 Å². The smallest absolute Gasteiger partial charge is 0.0778 e. The van der Waals surface area contributed by atoms with Crippen molar-refractivity contribution in [1.82, 2.24) is 0 Å². The maximum atomic E-state index is 10.0. The van der Waals surface area contributed by atoms with Gasteiger partial charge in [-0.1, -0.05) is 35.7 Å². The van der Waals surface area contributed by atoms with E-state index < -0.39 is 11.0 Å². The van der Waals surface area contributed by atoms with Gasteiger partial charge in [0.05, 0.1) is 11.0 Å². The van der Waals surface area contributed by atoms with Gasteiger partial charge in [0.25, 0.3) is 0 Å². The van der Waals surface area contributed by atoms with Crippen molar-refractivity contribution in [3.8, 4) is 12.3 Å². The maximum absolute atomic E-state index is 10.0. The number of hydrogen-bond acceptors (Lipinski definition) is 1. The standard InChI is InChI=1S/C17H21O/c1-7-16(3,4)15(12-17(5,6)18)14-10-8-9-13(2)11-14/h1,8-12,18H,3H2,2,4-6H3/b15-12-. The van der Waals surface area contributed by atoms with Crippen molar-refractivity contribution in [3.63, 3.8) is 0 Å². The van der Waals surface area contributed by atoms with Crippen molar-refractivity contribution in [2.45, 2.75) is 33.3 Å². The highest BCUT2D eigenvalue weighted by molar-refractivity contribution is 5.74. The first-order valence-corrected chi connectivity index (χ1v) is 6.01. The minimum absolute atomic E-state index is 0.659. The third-order valence-corrected chi connectivity index (χ3v) is 2.74. The van der Waals surface area contributed by atoms with E-state index in [4.69, 9.17) is 6.42 Å². The molecule has 0 heterocycles. The molecule has 1 radical (unpaired) electrons. The summed E-state index contributed by atoms with van der Waals surface area (Å²) < 4.78 is 0. The lowest BCUT2D eigenvalue weighted by Gasteiger charge is -2.26. The summed E-state index contributed by atoms with van der Waals surface area (Å²) in [5.41, 5.74) is 1.46. The van der Waals surface area contributed by atoms with Gasteiger partial charge in [-0.3, -0.25) is 0 Å². The highest BCUT2D eigenvalue weighted by atomic mass is 16.3. The van der Waals surface area contributed by atoms with E-state index in [0.717, 1.165) is 16.7 Å². The van der Waals surface area contributed by atoms with Crippen LogP contribution in [-0.4, -0.2) is 10.7 Å². The van der Waals surface area contributed by atoms with Crippen LogP contribution in [0.15, 0.2) is 30.3 Å². The molecule has 0 aliphatic rings. The molecule has 1 nitrogen and oxygen atoms in total. The van der Waals surface area contributed by atoms with E-state index in [1.165, 1.54) is 0 Å². The Morgan fingerprint density at radius 1 is 1.39 bits per heavy atom. The number of allylic oxidation sites excluding steroid dienone is 1. The summed E-state index contributed by atoms with van der Waals surface area (Å²) in [5.74, 6) is 2.69. The molecule has 0 spiro atoms. The molecule has 18 heavy (non-hydrogen) atoms. The van der Waals surface area contributed by atoms with Crippen LogP contribution in [0.25, 0.3) is 5.57 Å². The van der Waals surface area contributed by atoms with Crippen molar-refractivity contribution in [2.24, 2.45) is 5.41 Å². The number of terminal acetylenes is 1. The first-order chi connectivity index (χ1) is 8.15. The monoisotopic (exact) mass is 241 g/mol. The summed E-state index contributed by atoms with van der Waals surface area (Å²) in [6, 6.07) is 8.06. The second kappa shape index (κ2) is 5.00. The van der Waals surface area contributed by atoms with E-state index in [1.54, 1.807) is 19.9 Å². The Balaban J connectivity index is 3.41. The van der Waals surface area contributed by atoms with Gasteiger partial charge in [-0.15, -0.1) is 6.42 Å². The van der Waals surface area contributed by atoms with Gasteiger partial charge in [-0.25, -0.2) is 0 Å². The molecular weight excluding hydrogens is 220 g/mol. The fourth-order valence-electron chi connectivity index (χ4n) is 1.80. The van der Waals surface area contributed by atoms with Gasteiger partial charge in [-0.2, -0.15) is 0 Å². The minimum Gasteiger partial charge on any atom is -0.386 e. The molecule has 1 atom stereocenters. The molecule has 1 aromatic carbocycles. The zero-order chi connectivity index (χ0) is 14.0. The SMILES string of the molecule is C#CC([CH2])(C)/C(=C\C(C)(C)O)c1cccc(C)c1. The van der Waals surface area contributed by atoms with E-state index in [2.05, 4.69) is 18.9 Å². The van der Waals surface area contributed by atoms with Crippen LogP contribution in [0.5, 0.6) is 0 Å². The van der Waals surface area contributed by atoms with Crippen LogP contribution in [-0.2, 0) is 0 Å². The van der Waals surface area contributed by atoms with Crippen LogP contribution in [0.1, 0.15) is 31.9 Å². The van der Waals surface area contributed by atoms with Crippen molar-refractivity contribution in [2.75, 3.05) is 0 Å². The molecule has 95 valence electrons. The summed E-state index contributed by atoms with van der Waals surface area (Å²) in [5, 5.41) is 10.0. The first kappa shape index (κ1) is 14.5. The first-order valence-electron chi connectivity index (χ1n) is 6.01. The van der Waals surface area contributed by atoms with Gasteiger partial charge in [0.15, 0.2) is 0 Å². The molecule has 1 rings (SSSR count). The average Bonchev–Trinajstić information content (AvgIpc) is 2.24. The van der Waals surface area contributed by atoms with Crippen LogP contribution >= 0.6 is 0 Å². The molecule has 0 aromatic heterocycles. The van der Waals surface area contributed by atoms with Crippen molar-refractivity contribution in [3.05, 3.63) is 48.4 Å². The van der Waals surface area contributed by atoms with Gasteiger partial charge < -0.3 is 5.11 Å². The summed E-state index contributed by atoms with van der Waals surface area (Å²) in [6.45, 7) is 11.4. The van der Waals surface area contributed by atoms with Crippen LogP contribution < -0.4 is 0 Å². The Morgan fingerprint density at radius 3 is 2.44 bits per heavy atom. The Hall–Kier alpha value is -1.52. The fourth-order valence-corrected chi connectivity index (χ4v) is 1.80. The van der Waals surface area contributed by atoms with E-state index in [9.17, 15) is 5.11 Å². The molecule has 0 saturated heterocycles. The van der Waals surface area contributed by atoms with Crippen LogP contribution in [0.2, 0.25) is 0 Å². The number of aryl methyl sites for hydroxylation is 1. The zero-order valence-electron chi connectivity index (χ0n) is 11.6. The minimum atomic E-state index is -0.922. The molecule has 0 saturated carbocycles. The topological polar surface area (TPSA) is 20.2 Å². The lowest BCUT2D eigenvalue weighted by atomic mass is 9.79. The van der Waals surface area contributed by atoms with Crippen molar-refractivity contribution >= 4 is 5.57 Å². The lowest BCUT2D eigenvalue weighted by molar-refractivity contribution is 0.133. The van der Waals surface area contributed by atoms with E-state index in [1.807, 2.05) is 32.0 Å². The van der Waals surface area contributed by atoms with Crippen LogP contribution in [0, 0.1) is 31.6 Å². The molecule has 1 unspecified atom stereocenters. The van der Waals surface area contributed by atoms with Crippen molar-refractivity contribution < 1.29 is 5.11 Å². The summed E-state index contributed by atoms with van der Waals surface area (Å²) >= 11 is 0. The second-order valence-corrected chi connectivity index (χ2v) is 5.56. The molecule has 0 fully saturated rings. The van der Waals surface area contributed by atoms with Gasteiger partial charge in [0.1, 0.15) is 0 Å². The third kappa shape index (κ3) is 3.75. The Bertz CT molecular complexity index is 493. The summed E-state index contributed by atoms with van der Waals surface area (Å²) in [6.07, 6.45) is 7.35. The second-order valence-electron chi connectivity index (χ2n) is 5.56. The highest BCUT2D eigenvalue weighted by Gasteiger charge is 2.25. The summed E-state index contributed by atoms with van der Waals surface area (Å²) in [4.78, 5) is 0. The predicted octanol–water partition coefficient (Wildman–Crippen LogP) is 3.62. The Kier molecular flexibility index (Phi) is 4.04. The number of hydrogen-bond donors (Lipinski definition) is 1. The molecular formula is C17H21O. The van der Waals surface area contributed by atoms with Crippen LogP contribution in [0.4, 0.5) is 0 Å². The van der Waals surface area contributed by atoms with Gasteiger partial charge in [0, 0.05) is 0 Å². The lowest BCUT2D eigenvalue weighted by Crippen LogP contribution is -2.20. The molecule has 1 N–H and O–H groups in total. The largest absolute Gasteiger partial charge is 0.386 e. The molecule has 0 aliphatic carbocycles. The average molecular weight is 241 g/mol. The van der Waals surface area contributed by atoms with E-state index >= 15 is 0 Å². The van der Waals surface area contributed by atoms with E-state index in [-0.39, 0.29) is 0 Å². The number of aliphatic hydroxyl groups is 1. The predicted molar refractivity (Wildman–Crippen MR) is 77.8 cm³/mol. The Labute approximate surface area is 111 Å². The fraction of sp³-hybridized carbons (Fsp3) is 0.353. The normalized spacial score (nSPS) is 13.3. The molecule has 1 aromatic rings. The third-order valence-electron chi connectivity index (χ3n) is 2.74. The molecule has 0 bridgehead atoms. The molecule has 0 amide bonds. The zero-order valence-corrected chi connectivity index (χ0v) is 11.6. The van der Waals surface area contributed by atoms with E-state index in [0.29, 0.717) is 0 Å². The highest BCUT2D eigenvalue weighted by Crippen LogP contribution is 2.35. The molecule has 1 heteroatoms. The van der Waals surface area contributed by atoms with Gasteiger partial charge in [-0.05, 0) is 51.8 Å². The number of benzene rings is 1. The van der Waals surface area contributed by atoms with Crippen LogP contribution in [0.3, 0.4) is 0 Å².